The Morgan fingerprint density at radius 2 is 1.64 bits per heavy atom. The smallest absolute Gasteiger partial charge is 0.143 e. The van der Waals surface area contributed by atoms with Gasteiger partial charge in [-0.3, -0.25) is 4.99 Å². The van der Waals surface area contributed by atoms with Crippen LogP contribution in [0, 0.1) is 6.92 Å². The van der Waals surface area contributed by atoms with Gasteiger partial charge in [0.25, 0.3) is 0 Å². The summed E-state index contributed by atoms with van der Waals surface area (Å²) in [5.41, 5.74) is 7.69. The predicted molar refractivity (Wildman–Crippen MR) is 121 cm³/mol. The van der Waals surface area contributed by atoms with E-state index in [1.807, 2.05) is 30.5 Å². The third-order valence-corrected chi connectivity index (χ3v) is 5.03. The quantitative estimate of drug-likeness (QED) is 0.280. The zero-order valence-corrected chi connectivity index (χ0v) is 16.4. The summed E-state index contributed by atoms with van der Waals surface area (Å²) in [4.78, 5) is 4.13. The molecule has 2 nitrogen and oxygen atoms in total. The highest BCUT2D eigenvalue weighted by molar-refractivity contribution is 6.09. The topological polar surface area (TPSA) is 25.5 Å². The molecule has 3 aromatic carbocycles. The molecule has 1 aromatic heterocycles. The predicted octanol–water partition coefficient (Wildman–Crippen LogP) is 7.08. The van der Waals surface area contributed by atoms with Gasteiger partial charge in [-0.2, -0.15) is 0 Å². The number of allylic oxidation sites excluding steroid dienone is 4. The van der Waals surface area contributed by atoms with E-state index >= 15 is 0 Å². The van der Waals surface area contributed by atoms with Gasteiger partial charge in [-0.15, -0.1) is 0 Å². The molecule has 28 heavy (non-hydrogen) atoms. The molecule has 0 saturated carbocycles. The first-order valence-corrected chi connectivity index (χ1v) is 9.46. The molecule has 0 unspecified atom stereocenters. The summed E-state index contributed by atoms with van der Waals surface area (Å²) in [5, 5.41) is 2.31. The summed E-state index contributed by atoms with van der Waals surface area (Å²) < 4.78 is 6.27. The van der Waals surface area contributed by atoms with Crippen LogP contribution in [-0.4, -0.2) is 13.3 Å². The molecule has 1 heterocycles. The maximum atomic E-state index is 6.27. The Morgan fingerprint density at radius 3 is 2.43 bits per heavy atom. The van der Waals surface area contributed by atoms with Gasteiger partial charge >= 0.3 is 0 Å². The van der Waals surface area contributed by atoms with Crippen LogP contribution in [0.3, 0.4) is 0 Å². The number of para-hydroxylation sites is 1. The van der Waals surface area contributed by atoms with E-state index in [0.717, 1.165) is 38.6 Å². The fraction of sp³-hybridized carbons (Fsp3) is 0.115. The zero-order chi connectivity index (χ0) is 19.5. The minimum Gasteiger partial charge on any atom is -0.455 e. The van der Waals surface area contributed by atoms with Gasteiger partial charge in [-0.1, -0.05) is 66.7 Å². The number of benzene rings is 3. The van der Waals surface area contributed by atoms with Gasteiger partial charge in [0.05, 0.1) is 0 Å². The Hall–Kier alpha value is -3.39. The van der Waals surface area contributed by atoms with Crippen LogP contribution in [0.25, 0.3) is 33.1 Å². The zero-order valence-electron chi connectivity index (χ0n) is 16.4. The summed E-state index contributed by atoms with van der Waals surface area (Å²) in [5.74, 6) is 0. The Bertz CT molecular complexity index is 1220. The maximum absolute atomic E-state index is 6.27. The molecule has 0 aliphatic rings. The first kappa shape index (κ1) is 18.0. The lowest BCUT2D eigenvalue weighted by molar-refractivity contribution is 0.667. The third kappa shape index (κ3) is 3.29. The molecule has 0 aliphatic heterocycles. The molecule has 0 atom stereocenters. The molecule has 0 N–H and O–H groups in total. The lowest BCUT2D eigenvalue weighted by Crippen LogP contribution is -1.89. The Morgan fingerprint density at radius 1 is 0.893 bits per heavy atom. The third-order valence-electron chi connectivity index (χ3n) is 5.03. The van der Waals surface area contributed by atoms with Crippen molar-refractivity contribution in [3.05, 3.63) is 95.6 Å². The molecule has 0 saturated heterocycles. The normalized spacial score (nSPS) is 13.1. The average molecular weight is 365 g/mol. The molecular formula is C26H23NO. The van der Waals surface area contributed by atoms with Crippen LogP contribution in [0.1, 0.15) is 23.6 Å². The molecular weight excluding hydrogens is 342 g/mol. The molecule has 0 bridgehead atoms. The van der Waals surface area contributed by atoms with Crippen LogP contribution >= 0.6 is 0 Å². The maximum Gasteiger partial charge on any atom is 0.143 e. The standard InChI is InChI=1S/C26H23NO/c1-18-13-14-23-22-11-7-8-12-24(22)28-26(23)25(18)19(2)17-21(15-16-27-3)20-9-5-4-6-10-20/h4-17H,1-3H3/b19-17+,21-15+,27-16?. The van der Waals surface area contributed by atoms with Gasteiger partial charge in [0.2, 0.25) is 0 Å². The number of aryl methyl sites for hydroxylation is 1. The average Bonchev–Trinajstić information content (AvgIpc) is 3.09. The molecule has 138 valence electrons. The van der Waals surface area contributed by atoms with Crippen molar-refractivity contribution in [3.8, 4) is 0 Å². The fourth-order valence-electron chi connectivity index (χ4n) is 3.70. The summed E-state index contributed by atoms with van der Waals surface area (Å²) in [7, 11) is 1.79. The van der Waals surface area contributed by atoms with Crippen molar-refractivity contribution in [2.75, 3.05) is 7.05 Å². The van der Waals surface area contributed by atoms with Crippen LogP contribution in [0.2, 0.25) is 0 Å². The Labute approximate surface area is 165 Å². The lowest BCUT2D eigenvalue weighted by atomic mass is 9.95. The number of rotatable bonds is 4. The van der Waals surface area contributed by atoms with E-state index in [1.165, 1.54) is 11.1 Å². The van der Waals surface area contributed by atoms with Crippen LogP contribution < -0.4 is 0 Å². The molecule has 0 radical (unpaired) electrons. The number of fused-ring (bicyclic) bond motifs is 3. The van der Waals surface area contributed by atoms with Crippen LogP contribution in [-0.2, 0) is 0 Å². The van der Waals surface area contributed by atoms with Crippen LogP contribution in [0.5, 0.6) is 0 Å². The van der Waals surface area contributed by atoms with E-state index < -0.39 is 0 Å². The fourth-order valence-corrected chi connectivity index (χ4v) is 3.70. The van der Waals surface area contributed by atoms with E-state index in [1.54, 1.807) is 7.05 Å². The second-order valence-corrected chi connectivity index (χ2v) is 6.96. The highest BCUT2D eigenvalue weighted by Gasteiger charge is 2.14. The number of hydrogen-bond donors (Lipinski definition) is 0. The van der Waals surface area contributed by atoms with E-state index in [0.29, 0.717) is 0 Å². The largest absolute Gasteiger partial charge is 0.455 e. The van der Waals surface area contributed by atoms with Crippen molar-refractivity contribution >= 4 is 39.3 Å². The summed E-state index contributed by atoms with van der Waals surface area (Å²) in [6, 6.07) is 22.9. The number of nitrogens with zero attached hydrogens (tertiary/aromatic N) is 1. The number of furan rings is 1. The Kier molecular flexibility index (Phi) is 4.94. The molecule has 0 amide bonds. The summed E-state index contributed by atoms with van der Waals surface area (Å²) in [6.07, 6.45) is 6.10. The highest BCUT2D eigenvalue weighted by atomic mass is 16.3. The molecule has 4 aromatic rings. The number of aliphatic imine (C=N–C) groups is 1. The second-order valence-electron chi connectivity index (χ2n) is 6.96. The van der Waals surface area contributed by atoms with Crippen molar-refractivity contribution < 1.29 is 4.42 Å². The van der Waals surface area contributed by atoms with Crippen molar-refractivity contribution in [2.45, 2.75) is 13.8 Å². The van der Waals surface area contributed by atoms with Crippen molar-refractivity contribution in [1.29, 1.82) is 0 Å². The lowest BCUT2D eigenvalue weighted by Gasteiger charge is -2.09. The van der Waals surface area contributed by atoms with Gasteiger partial charge in [-0.05, 0) is 48.3 Å². The second kappa shape index (κ2) is 7.69. The monoisotopic (exact) mass is 365 g/mol. The number of hydrogen-bond acceptors (Lipinski definition) is 2. The van der Waals surface area contributed by atoms with Crippen molar-refractivity contribution in [3.63, 3.8) is 0 Å². The van der Waals surface area contributed by atoms with Crippen molar-refractivity contribution in [1.82, 2.24) is 0 Å². The summed E-state index contributed by atoms with van der Waals surface area (Å²) in [6.45, 7) is 4.29. The molecule has 4 rings (SSSR count). The van der Waals surface area contributed by atoms with Gasteiger partial charge in [0.15, 0.2) is 0 Å². The van der Waals surface area contributed by atoms with Gasteiger partial charge < -0.3 is 4.42 Å². The first-order chi connectivity index (χ1) is 13.7. The van der Waals surface area contributed by atoms with Gasteiger partial charge in [0, 0.05) is 29.6 Å². The minimum atomic E-state index is 0.925. The molecule has 2 heteroatoms. The summed E-state index contributed by atoms with van der Waals surface area (Å²) >= 11 is 0. The highest BCUT2D eigenvalue weighted by Crippen LogP contribution is 2.36. The van der Waals surface area contributed by atoms with E-state index in [9.17, 15) is 0 Å². The van der Waals surface area contributed by atoms with Crippen molar-refractivity contribution in [2.24, 2.45) is 4.99 Å². The van der Waals surface area contributed by atoms with Crippen LogP contribution in [0.15, 0.2) is 88.3 Å². The van der Waals surface area contributed by atoms with E-state index in [-0.39, 0.29) is 0 Å². The van der Waals surface area contributed by atoms with E-state index in [4.69, 9.17) is 4.42 Å². The van der Waals surface area contributed by atoms with Crippen LogP contribution in [0.4, 0.5) is 0 Å². The Balaban J connectivity index is 1.92. The van der Waals surface area contributed by atoms with E-state index in [2.05, 4.69) is 73.4 Å². The van der Waals surface area contributed by atoms with Gasteiger partial charge in [-0.25, -0.2) is 0 Å². The molecule has 0 fully saturated rings. The first-order valence-electron chi connectivity index (χ1n) is 9.46. The minimum absolute atomic E-state index is 0.925. The SMILES string of the molecule is CN=C/C=C(\C=C(/C)c1c(C)ccc2c1oc1ccccc12)c1ccccc1. The molecule has 0 aliphatic carbocycles. The van der Waals surface area contributed by atoms with Gasteiger partial charge in [0.1, 0.15) is 11.2 Å². The molecule has 0 spiro atoms.